The van der Waals surface area contributed by atoms with Crippen LogP contribution < -0.4 is 10.6 Å². The first kappa shape index (κ1) is 16.6. The van der Waals surface area contributed by atoms with Crippen LogP contribution in [0.4, 0.5) is 17.2 Å². The van der Waals surface area contributed by atoms with E-state index >= 15 is 0 Å². The lowest BCUT2D eigenvalue weighted by atomic mass is 10.2. The maximum absolute atomic E-state index is 12.2. The Kier molecular flexibility index (Phi) is 4.83. The van der Waals surface area contributed by atoms with Gasteiger partial charge in [-0.1, -0.05) is 6.07 Å². The van der Waals surface area contributed by atoms with Crippen molar-refractivity contribution in [3.8, 4) is 12.1 Å². The number of benzene rings is 2. The van der Waals surface area contributed by atoms with Gasteiger partial charge in [-0.2, -0.15) is 10.5 Å². The molecule has 1 aromatic heterocycles. The van der Waals surface area contributed by atoms with E-state index in [-0.39, 0.29) is 5.69 Å². The molecule has 0 aliphatic rings. The molecule has 0 spiro atoms. The fraction of sp³-hybridized carbons (Fsp3) is 0. The second-order valence-corrected chi connectivity index (χ2v) is 5.26. The summed E-state index contributed by atoms with van der Waals surface area (Å²) >= 11 is 0. The van der Waals surface area contributed by atoms with E-state index < -0.39 is 5.91 Å². The number of nitriles is 2. The van der Waals surface area contributed by atoms with Crippen LogP contribution in [-0.2, 0) is 0 Å². The van der Waals surface area contributed by atoms with Crippen LogP contribution in [0.5, 0.6) is 0 Å². The zero-order valence-electron chi connectivity index (χ0n) is 13.5. The minimum Gasteiger partial charge on any atom is -0.339 e. The molecule has 0 aliphatic heterocycles. The van der Waals surface area contributed by atoms with Gasteiger partial charge in [0.15, 0.2) is 11.5 Å². The molecular weight excluding hydrogens is 328 g/mol. The van der Waals surface area contributed by atoms with Crippen molar-refractivity contribution in [3.63, 3.8) is 0 Å². The largest absolute Gasteiger partial charge is 0.339 e. The second kappa shape index (κ2) is 7.56. The lowest BCUT2D eigenvalue weighted by Crippen LogP contribution is -2.14. The molecule has 1 heterocycles. The van der Waals surface area contributed by atoms with E-state index in [9.17, 15) is 4.79 Å². The fourth-order valence-electron chi connectivity index (χ4n) is 2.16. The standard InChI is InChI=1S/C19H12N6O/c20-11-13-4-6-15(7-5-13)22-18-9-8-17(24-25-18)19(26)23-16-3-1-2-14(10-16)12-21/h1-10H,(H,22,25)(H,23,26). The normalized spacial score (nSPS) is 9.62. The van der Waals surface area contributed by atoms with E-state index in [0.29, 0.717) is 22.6 Å². The fourth-order valence-corrected chi connectivity index (χ4v) is 2.16. The summed E-state index contributed by atoms with van der Waals surface area (Å²) in [5.74, 6) is 0.0512. The maximum atomic E-state index is 12.2. The molecule has 0 aliphatic carbocycles. The number of carbonyl (C=O) groups is 1. The molecule has 124 valence electrons. The Hall–Kier alpha value is -4.23. The van der Waals surface area contributed by atoms with Gasteiger partial charge in [-0.3, -0.25) is 4.79 Å². The third kappa shape index (κ3) is 3.99. The van der Waals surface area contributed by atoms with E-state index in [0.717, 1.165) is 5.69 Å². The Morgan fingerprint density at radius 2 is 1.62 bits per heavy atom. The number of rotatable bonds is 4. The molecule has 0 unspecified atom stereocenters. The van der Waals surface area contributed by atoms with Gasteiger partial charge in [0.25, 0.3) is 5.91 Å². The molecule has 1 amide bonds. The molecule has 26 heavy (non-hydrogen) atoms. The van der Waals surface area contributed by atoms with E-state index in [2.05, 4.69) is 20.8 Å². The molecule has 7 heteroatoms. The monoisotopic (exact) mass is 340 g/mol. The average molecular weight is 340 g/mol. The van der Waals surface area contributed by atoms with Crippen LogP contribution in [0.2, 0.25) is 0 Å². The number of amides is 1. The third-order valence-corrected chi connectivity index (χ3v) is 3.43. The van der Waals surface area contributed by atoms with Crippen LogP contribution in [0.3, 0.4) is 0 Å². The minimum absolute atomic E-state index is 0.151. The Morgan fingerprint density at radius 3 is 2.27 bits per heavy atom. The van der Waals surface area contributed by atoms with Crippen molar-refractivity contribution >= 4 is 23.1 Å². The predicted octanol–water partition coefficient (Wildman–Crippen LogP) is 3.22. The Balaban J connectivity index is 1.67. The van der Waals surface area contributed by atoms with Gasteiger partial charge in [-0.25, -0.2) is 0 Å². The molecule has 3 rings (SSSR count). The highest BCUT2D eigenvalue weighted by atomic mass is 16.1. The zero-order chi connectivity index (χ0) is 18.4. The average Bonchev–Trinajstić information content (AvgIpc) is 2.69. The quantitative estimate of drug-likeness (QED) is 0.753. The molecule has 0 atom stereocenters. The van der Waals surface area contributed by atoms with Gasteiger partial charge < -0.3 is 10.6 Å². The van der Waals surface area contributed by atoms with Crippen LogP contribution in [0.25, 0.3) is 0 Å². The summed E-state index contributed by atoms with van der Waals surface area (Å²) in [6, 6.07) is 20.7. The van der Waals surface area contributed by atoms with Crippen molar-refractivity contribution in [3.05, 3.63) is 77.5 Å². The van der Waals surface area contributed by atoms with Crippen LogP contribution in [-0.4, -0.2) is 16.1 Å². The van der Waals surface area contributed by atoms with Crippen LogP contribution in [0.15, 0.2) is 60.7 Å². The highest BCUT2D eigenvalue weighted by Gasteiger charge is 2.09. The maximum Gasteiger partial charge on any atom is 0.276 e. The molecule has 2 aromatic carbocycles. The van der Waals surface area contributed by atoms with Crippen molar-refractivity contribution in [1.82, 2.24) is 10.2 Å². The highest BCUT2D eigenvalue weighted by Crippen LogP contribution is 2.15. The molecule has 0 radical (unpaired) electrons. The molecule has 0 saturated carbocycles. The van der Waals surface area contributed by atoms with Gasteiger partial charge in [0.2, 0.25) is 0 Å². The number of nitrogens with zero attached hydrogens (tertiary/aromatic N) is 4. The molecule has 0 fully saturated rings. The van der Waals surface area contributed by atoms with Crippen molar-refractivity contribution < 1.29 is 4.79 Å². The number of carbonyl (C=O) groups excluding carboxylic acids is 1. The Morgan fingerprint density at radius 1 is 0.846 bits per heavy atom. The first-order chi connectivity index (χ1) is 12.7. The second-order valence-electron chi connectivity index (χ2n) is 5.26. The van der Waals surface area contributed by atoms with Crippen molar-refractivity contribution in [2.45, 2.75) is 0 Å². The Labute approximate surface area is 149 Å². The summed E-state index contributed by atoms with van der Waals surface area (Å²) < 4.78 is 0. The van der Waals surface area contributed by atoms with Gasteiger partial charge >= 0.3 is 0 Å². The van der Waals surface area contributed by atoms with Crippen molar-refractivity contribution in [2.24, 2.45) is 0 Å². The van der Waals surface area contributed by atoms with E-state index in [1.807, 2.05) is 12.1 Å². The summed E-state index contributed by atoms with van der Waals surface area (Å²) in [6.45, 7) is 0. The van der Waals surface area contributed by atoms with Gasteiger partial charge in [-0.15, -0.1) is 10.2 Å². The summed E-state index contributed by atoms with van der Waals surface area (Å²) in [6.07, 6.45) is 0. The highest BCUT2D eigenvalue weighted by molar-refractivity contribution is 6.02. The van der Waals surface area contributed by atoms with Gasteiger partial charge in [-0.05, 0) is 54.6 Å². The first-order valence-corrected chi connectivity index (χ1v) is 7.60. The molecular formula is C19H12N6O. The smallest absolute Gasteiger partial charge is 0.276 e. The van der Waals surface area contributed by atoms with Gasteiger partial charge in [0, 0.05) is 11.4 Å². The molecule has 2 N–H and O–H groups in total. The summed E-state index contributed by atoms with van der Waals surface area (Å²) in [7, 11) is 0. The predicted molar refractivity (Wildman–Crippen MR) is 95.6 cm³/mol. The number of anilines is 3. The Bertz CT molecular complexity index is 1010. The lowest BCUT2D eigenvalue weighted by Gasteiger charge is -2.07. The number of aromatic nitrogens is 2. The summed E-state index contributed by atoms with van der Waals surface area (Å²) in [5, 5.41) is 31.3. The number of nitrogens with one attached hydrogen (secondary N) is 2. The zero-order valence-corrected chi connectivity index (χ0v) is 13.5. The SMILES string of the molecule is N#Cc1ccc(Nc2ccc(C(=O)Nc3cccc(C#N)c3)nn2)cc1. The van der Waals surface area contributed by atoms with Gasteiger partial charge in [0.05, 0.1) is 23.3 Å². The first-order valence-electron chi connectivity index (χ1n) is 7.60. The van der Waals surface area contributed by atoms with Crippen LogP contribution in [0.1, 0.15) is 21.6 Å². The van der Waals surface area contributed by atoms with Gasteiger partial charge in [0.1, 0.15) is 0 Å². The molecule has 7 nitrogen and oxygen atoms in total. The lowest BCUT2D eigenvalue weighted by molar-refractivity contribution is 0.102. The van der Waals surface area contributed by atoms with E-state index in [4.69, 9.17) is 10.5 Å². The van der Waals surface area contributed by atoms with Crippen molar-refractivity contribution in [2.75, 3.05) is 10.6 Å². The molecule has 0 bridgehead atoms. The van der Waals surface area contributed by atoms with Crippen molar-refractivity contribution in [1.29, 1.82) is 10.5 Å². The topological polar surface area (TPSA) is 114 Å². The van der Waals surface area contributed by atoms with Crippen LogP contribution >= 0.6 is 0 Å². The molecule has 3 aromatic rings. The summed E-state index contributed by atoms with van der Waals surface area (Å²) in [5.41, 5.74) is 2.43. The minimum atomic E-state index is -0.419. The molecule has 0 saturated heterocycles. The number of hydrogen-bond donors (Lipinski definition) is 2. The van der Waals surface area contributed by atoms with E-state index in [1.54, 1.807) is 60.7 Å². The van der Waals surface area contributed by atoms with E-state index in [1.165, 1.54) is 0 Å². The third-order valence-electron chi connectivity index (χ3n) is 3.43. The van der Waals surface area contributed by atoms with Crippen LogP contribution in [0, 0.1) is 22.7 Å². The number of hydrogen-bond acceptors (Lipinski definition) is 6. The summed E-state index contributed by atoms with van der Waals surface area (Å²) in [4.78, 5) is 12.2.